The highest BCUT2D eigenvalue weighted by atomic mass is 79.9. The summed E-state index contributed by atoms with van der Waals surface area (Å²) in [5.41, 5.74) is 2.18. The maximum absolute atomic E-state index is 10.7. The lowest BCUT2D eigenvalue weighted by Crippen LogP contribution is -2.24. The van der Waals surface area contributed by atoms with Gasteiger partial charge in [-0.25, -0.2) is 0 Å². The molecule has 3 heteroatoms. The van der Waals surface area contributed by atoms with Gasteiger partial charge in [0.05, 0.1) is 5.60 Å². The smallest absolute Gasteiger partial charge is 0.0923 e. The third kappa shape index (κ3) is 3.63. The van der Waals surface area contributed by atoms with Gasteiger partial charge in [0.25, 0.3) is 0 Å². The molecule has 0 saturated carbocycles. The number of hydrogen-bond donors (Lipinski definition) is 1. The molecule has 0 aromatic heterocycles. The zero-order valence-electron chi connectivity index (χ0n) is 11.7. The number of aliphatic hydroxyl groups is 1. The van der Waals surface area contributed by atoms with Crippen LogP contribution < -0.4 is 0 Å². The number of benzene rings is 2. The van der Waals surface area contributed by atoms with Crippen LogP contribution in [0.2, 0.25) is 5.02 Å². The van der Waals surface area contributed by atoms with E-state index in [1.165, 1.54) is 5.56 Å². The van der Waals surface area contributed by atoms with Crippen molar-refractivity contribution in [2.45, 2.75) is 32.3 Å². The van der Waals surface area contributed by atoms with Gasteiger partial charge in [-0.3, -0.25) is 0 Å². The standard InChI is InChI=1S/C17H18BrClO/c1-3-12-4-6-13(7-5-12)11-17(2,20)15-9-8-14(18)10-16(15)19/h4-10,20H,3,11H2,1-2H3. The summed E-state index contributed by atoms with van der Waals surface area (Å²) in [5, 5.41) is 11.3. The molecule has 0 spiro atoms. The van der Waals surface area contributed by atoms with Crippen LogP contribution in [0.15, 0.2) is 46.9 Å². The minimum absolute atomic E-state index is 0.540. The normalized spacial score (nSPS) is 14.1. The molecule has 0 heterocycles. The Kier molecular flexibility index (Phi) is 4.90. The molecule has 1 atom stereocenters. The molecule has 0 aliphatic rings. The topological polar surface area (TPSA) is 20.2 Å². The quantitative estimate of drug-likeness (QED) is 0.809. The molecule has 0 radical (unpaired) electrons. The maximum atomic E-state index is 10.7. The fraction of sp³-hybridized carbons (Fsp3) is 0.294. The molecular formula is C17H18BrClO. The molecule has 1 N–H and O–H groups in total. The fourth-order valence-corrected chi connectivity index (χ4v) is 3.19. The first kappa shape index (κ1) is 15.6. The minimum Gasteiger partial charge on any atom is -0.385 e. The van der Waals surface area contributed by atoms with E-state index in [1.807, 2.05) is 18.2 Å². The van der Waals surface area contributed by atoms with Crippen LogP contribution in [0.4, 0.5) is 0 Å². The maximum Gasteiger partial charge on any atom is 0.0923 e. The molecule has 1 nitrogen and oxygen atoms in total. The second-order valence-electron chi connectivity index (χ2n) is 5.24. The Labute approximate surface area is 133 Å². The van der Waals surface area contributed by atoms with Gasteiger partial charge in [-0.15, -0.1) is 0 Å². The Morgan fingerprint density at radius 1 is 1.10 bits per heavy atom. The molecular weight excluding hydrogens is 336 g/mol. The summed E-state index contributed by atoms with van der Waals surface area (Å²) in [7, 11) is 0. The van der Waals surface area contributed by atoms with E-state index >= 15 is 0 Å². The Hall–Kier alpha value is -0.830. The van der Waals surface area contributed by atoms with E-state index in [1.54, 1.807) is 6.92 Å². The zero-order chi connectivity index (χ0) is 14.8. The molecule has 20 heavy (non-hydrogen) atoms. The first-order valence-corrected chi connectivity index (χ1v) is 7.85. The van der Waals surface area contributed by atoms with Gasteiger partial charge in [-0.05, 0) is 36.6 Å². The molecule has 2 aromatic carbocycles. The van der Waals surface area contributed by atoms with E-state index in [2.05, 4.69) is 47.1 Å². The van der Waals surface area contributed by atoms with Gasteiger partial charge in [0.2, 0.25) is 0 Å². The Bertz CT molecular complexity index is 590. The van der Waals surface area contributed by atoms with Crippen LogP contribution in [0, 0.1) is 0 Å². The van der Waals surface area contributed by atoms with Gasteiger partial charge in [0.1, 0.15) is 0 Å². The van der Waals surface area contributed by atoms with Crippen molar-refractivity contribution in [3.05, 3.63) is 68.7 Å². The second kappa shape index (κ2) is 6.30. The van der Waals surface area contributed by atoms with E-state index in [9.17, 15) is 5.11 Å². The van der Waals surface area contributed by atoms with Crippen molar-refractivity contribution in [1.82, 2.24) is 0 Å². The molecule has 2 aromatic rings. The molecule has 0 aliphatic heterocycles. The molecule has 2 rings (SSSR count). The van der Waals surface area contributed by atoms with Crippen molar-refractivity contribution >= 4 is 27.5 Å². The molecule has 0 saturated heterocycles. The lowest BCUT2D eigenvalue weighted by Gasteiger charge is -2.25. The second-order valence-corrected chi connectivity index (χ2v) is 6.57. The Morgan fingerprint density at radius 3 is 2.25 bits per heavy atom. The lowest BCUT2D eigenvalue weighted by atomic mass is 9.89. The molecule has 106 valence electrons. The highest BCUT2D eigenvalue weighted by Crippen LogP contribution is 2.32. The van der Waals surface area contributed by atoms with Gasteiger partial charge in [0, 0.05) is 21.5 Å². The summed E-state index contributed by atoms with van der Waals surface area (Å²) in [6.45, 7) is 3.93. The summed E-state index contributed by atoms with van der Waals surface area (Å²) in [6.07, 6.45) is 1.56. The molecule has 0 aliphatic carbocycles. The first-order valence-electron chi connectivity index (χ1n) is 6.68. The number of halogens is 2. The predicted molar refractivity (Wildman–Crippen MR) is 88.2 cm³/mol. The van der Waals surface area contributed by atoms with Crippen molar-refractivity contribution in [2.75, 3.05) is 0 Å². The van der Waals surface area contributed by atoms with E-state index < -0.39 is 5.60 Å². The van der Waals surface area contributed by atoms with Crippen LogP contribution >= 0.6 is 27.5 Å². The third-order valence-corrected chi connectivity index (χ3v) is 4.30. The van der Waals surface area contributed by atoms with Crippen LogP contribution in [0.5, 0.6) is 0 Å². The van der Waals surface area contributed by atoms with Gasteiger partial charge in [-0.1, -0.05) is 64.8 Å². The van der Waals surface area contributed by atoms with Crippen molar-refractivity contribution in [3.63, 3.8) is 0 Å². The summed E-state index contributed by atoms with van der Waals surface area (Å²) >= 11 is 9.62. The molecule has 0 fully saturated rings. The van der Waals surface area contributed by atoms with Crippen LogP contribution in [-0.4, -0.2) is 5.11 Å². The van der Waals surface area contributed by atoms with Crippen LogP contribution in [-0.2, 0) is 18.4 Å². The first-order chi connectivity index (χ1) is 9.42. The van der Waals surface area contributed by atoms with Crippen molar-refractivity contribution in [3.8, 4) is 0 Å². The SMILES string of the molecule is CCc1ccc(CC(C)(O)c2ccc(Br)cc2Cl)cc1. The fourth-order valence-electron chi connectivity index (χ4n) is 2.31. The highest BCUT2D eigenvalue weighted by Gasteiger charge is 2.26. The zero-order valence-corrected chi connectivity index (χ0v) is 14.0. The average Bonchev–Trinajstić information content (AvgIpc) is 2.38. The van der Waals surface area contributed by atoms with E-state index in [0.29, 0.717) is 11.4 Å². The van der Waals surface area contributed by atoms with Crippen LogP contribution in [0.1, 0.15) is 30.5 Å². The van der Waals surface area contributed by atoms with Crippen molar-refractivity contribution in [1.29, 1.82) is 0 Å². The summed E-state index contributed by atoms with van der Waals surface area (Å²) in [5.74, 6) is 0. The molecule has 1 unspecified atom stereocenters. The lowest BCUT2D eigenvalue weighted by molar-refractivity contribution is 0.0577. The average molecular weight is 354 g/mol. The number of hydrogen-bond acceptors (Lipinski definition) is 1. The van der Waals surface area contributed by atoms with Crippen molar-refractivity contribution < 1.29 is 5.11 Å². The molecule has 0 bridgehead atoms. The monoisotopic (exact) mass is 352 g/mol. The number of aryl methyl sites for hydroxylation is 1. The predicted octanol–water partition coefficient (Wildman–Crippen LogP) is 5.12. The summed E-state index contributed by atoms with van der Waals surface area (Å²) in [4.78, 5) is 0. The van der Waals surface area contributed by atoms with E-state index in [-0.39, 0.29) is 0 Å². The van der Waals surface area contributed by atoms with Crippen molar-refractivity contribution in [2.24, 2.45) is 0 Å². The highest BCUT2D eigenvalue weighted by molar-refractivity contribution is 9.10. The third-order valence-electron chi connectivity index (χ3n) is 3.49. The van der Waals surface area contributed by atoms with Gasteiger partial charge in [0.15, 0.2) is 0 Å². The Balaban J connectivity index is 2.25. The van der Waals surface area contributed by atoms with Crippen LogP contribution in [0.3, 0.4) is 0 Å². The Morgan fingerprint density at radius 2 is 1.70 bits per heavy atom. The number of rotatable bonds is 4. The molecule has 0 amide bonds. The summed E-state index contributed by atoms with van der Waals surface area (Å²) in [6, 6.07) is 13.9. The summed E-state index contributed by atoms with van der Waals surface area (Å²) < 4.78 is 0.911. The van der Waals surface area contributed by atoms with E-state index in [4.69, 9.17) is 11.6 Å². The van der Waals surface area contributed by atoms with Crippen LogP contribution in [0.25, 0.3) is 0 Å². The largest absolute Gasteiger partial charge is 0.385 e. The van der Waals surface area contributed by atoms with Gasteiger partial charge >= 0.3 is 0 Å². The minimum atomic E-state index is -0.981. The van der Waals surface area contributed by atoms with E-state index in [0.717, 1.165) is 22.0 Å². The van der Waals surface area contributed by atoms with Gasteiger partial charge in [-0.2, -0.15) is 0 Å². The van der Waals surface area contributed by atoms with Gasteiger partial charge < -0.3 is 5.11 Å².